The van der Waals surface area contributed by atoms with Gasteiger partial charge in [-0.15, -0.1) is 11.6 Å². The number of hydrogen-bond donors (Lipinski definition) is 1. The van der Waals surface area contributed by atoms with Crippen molar-refractivity contribution in [3.63, 3.8) is 0 Å². The van der Waals surface area contributed by atoms with Crippen molar-refractivity contribution in [3.05, 3.63) is 48.0 Å². The Bertz CT molecular complexity index is 565. The first-order valence-electron chi connectivity index (χ1n) is 7.55. The number of nitrogens with zero attached hydrogens (tertiary/aromatic N) is 1. The molecule has 0 bridgehead atoms. The lowest BCUT2D eigenvalue weighted by molar-refractivity contribution is -0.129. The summed E-state index contributed by atoms with van der Waals surface area (Å²) in [7, 11) is 0. The van der Waals surface area contributed by atoms with Crippen molar-refractivity contribution in [2.75, 3.05) is 11.6 Å². The largest absolute Gasteiger partial charge is 0.389 e. The molecule has 6 heteroatoms. The fourth-order valence-electron chi connectivity index (χ4n) is 2.46. The number of aliphatic hydroxyl groups is 1. The zero-order chi connectivity index (χ0) is 16.7. The molecule has 1 aliphatic rings. The highest BCUT2D eigenvalue weighted by Gasteiger charge is 2.34. The third-order valence-electron chi connectivity index (χ3n) is 3.56. The van der Waals surface area contributed by atoms with Gasteiger partial charge in [0.25, 0.3) is 0 Å². The van der Waals surface area contributed by atoms with E-state index in [2.05, 4.69) is 12.1 Å². The van der Waals surface area contributed by atoms with Gasteiger partial charge in [0, 0.05) is 11.6 Å². The second-order valence-corrected chi connectivity index (χ2v) is 7.39. The summed E-state index contributed by atoms with van der Waals surface area (Å²) >= 11 is 12.4. The lowest BCUT2D eigenvalue weighted by Crippen LogP contribution is -2.41. The zero-order valence-corrected chi connectivity index (χ0v) is 15.1. The number of thioether (sulfide) groups is 1. The van der Waals surface area contributed by atoms with Crippen LogP contribution in [0.2, 0.25) is 0 Å². The molecule has 0 saturated carbocycles. The first kappa shape index (κ1) is 18.5. The summed E-state index contributed by atoms with van der Waals surface area (Å²) in [5.41, 5.74) is 1.18. The van der Waals surface area contributed by atoms with Crippen molar-refractivity contribution in [1.82, 2.24) is 4.90 Å². The normalized spacial score (nSPS) is 19.5. The minimum absolute atomic E-state index is 0.0464. The van der Waals surface area contributed by atoms with E-state index in [1.807, 2.05) is 18.2 Å². The highest BCUT2D eigenvalue weighted by molar-refractivity contribution is 8.23. The van der Waals surface area contributed by atoms with Gasteiger partial charge in [0.2, 0.25) is 5.91 Å². The first-order chi connectivity index (χ1) is 11.1. The van der Waals surface area contributed by atoms with Gasteiger partial charge in [0.1, 0.15) is 4.32 Å². The lowest BCUT2D eigenvalue weighted by Gasteiger charge is -2.24. The number of aliphatic hydroxyl groups excluding tert-OH is 1. The molecule has 3 nitrogen and oxygen atoms in total. The molecule has 1 fully saturated rings. The molecule has 23 heavy (non-hydrogen) atoms. The predicted octanol–water partition coefficient (Wildman–Crippen LogP) is 3.39. The summed E-state index contributed by atoms with van der Waals surface area (Å²) in [6.07, 6.45) is 4.13. The van der Waals surface area contributed by atoms with Crippen LogP contribution < -0.4 is 0 Å². The van der Waals surface area contributed by atoms with E-state index in [4.69, 9.17) is 23.8 Å². The quantitative estimate of drug-likeness (QED) is 0.454. The SMILES string of the molecule is O=C(C[C@@H](O)C=CCCCl)N1C(=S)SC[C@H]1Cc1ccccc1. The molecule has 2 atom stereocenters. The van der Waals surface area contributed by atoms with Crippen LogP contribution in [0.4, 0.5) is 0 Å². The Hall–Kier alpha value is -0.880. The van der Waals surface area contributed by atoms with Gasteiger partial charge in [0.05, 0.1) is 18.6 Å². The van der Waals surface area contributed by atoms with Crippen LogP contribution >= 0.6 is 35.6 Å². The van der Waals surface area contributed by atoms with Crippen LogP contribution in [0.15, 0.2) is 42.5 Å². The third-order valence-corrected chi connectivity index (χ3v) is 5.33. The molecule has 0 spiro atoms. The second kappa shape index (κ2) is 9.42. The van der Waals surface area contributed by atoms with Crippen LogP contribution in [0.3, 0.4) is 0 Å². The topological polar surface area (TPSA) is 40.5 Å². The molecule has 1 amide bonds. The van der Waals surface area contributed by atoms with Crippen LogP contribution in [0.25, 0.3) is 0 Å². The van der Waals surface area contributed by atoms with Gasteiger partial charge in [-0.3, -0.25) is 9.69 Å². The van der Waals surface area contributed by atoms with Gasteiger partial charge in [-0.05, 0) is 18.4 Å². The molecule has 124 valence electrons. The molecule has 1 aliphatic heterocycles. The minimum Gasteiger partial charge on any atom is -0.389 e. The average Bonchev–Trinajstić information content (AvgIpc) is 2.89. The third kappa shape index (κ3) is 5.60. The average molecular weight is 370 g/mol. The predicted molar refractivity (Wildman–Crippen MR) is 101 cm³/mol. The Kier molecular flexibility index (Phi) is 7.56. The maximum atomic E-state index is 12.5. The molecule has 1 heterocycles. The lowest BCUT2D eigenvalue weighted by atomic mass is 10.1. The number of carbonyl (C=O) groups excluding carboxylic acids is 1. The fraction of sp³-hybridized carbons (Fsp3) is 0.412. The van der Waals surface area contributed by atoms with E-state index in [-0.39, 0.29) is 18.4 Å². The fourth-order valence-corrected chi connectivity index (χ4v) is 4.04. The van der Waals surface area contributed by atoms with E-state index in [0.717, 1.165) is 12.2 Å². The van der Waals surface area contributed by atoms with Crippen LogP contribution in [-0.4, -0.2) is 44.0 Å². The molecule has 0 aromatic heterocycles. The van der Waals surface area contributed by atoms with Gasteiger partial charge in [-0.1, -0.05) is 66.5 Å². The van der Waals surface area contributed by atoms with E-state index in [1.165, 1.54) is 17.3 Å². The highest BCUT2D eigenvalue weighted by atomic mass is 35.5. The number of rotatable bonds is 7. The Morgan fingerprint density at radius 3 is 2.91 bits per heavy atom. The molecule has 1 aromatic rings. The van der Waals surface area contributed by atoms with Gasteiger partial charge >= 0.3 is 0 Å². The molecule has 0 aliphatic carbocycles. The van der Waals surface area contributed by atoms with Crippen LogP contribution in [0.1, 0.15) is 18.4 Å². The van der Waals surface area contributed by atoms with Gasteiger partial charge in [0.15, 0.2) is 0 Å². The molecule has 0 radical (unpaired) electrons. The smallest absolute Gasteiger partial charge is 0.231 e. The minimum atomic E-state index is -0.795. The molecule has 1 saturated heterocycles. The summed E-state index contributed by atoms with van der Waals surface area (Å²) in [4.78, 5) is 14.2. The molecule has 1 N–H and O–H groups in total. The molecular formula is C17H20ClNO2S2. The monoisotopic (exact) mass is 369 g/mol. The van der Waals surface area contributed by atoms with E-state index in [1.54, 1.807) is 17.1 Å². The van der Waals surface area contributed by atoms with Crippen molar-refractivity contribution < 1.29 is 9.90 Å². The standard InChI is InChI=1S/C17H20ClNO2S2/c18-9-5-4-8-15(20)11-16(21)19-14(12-23-17(19)22)10-13-6-2-1-3-7-13/h1-4,6-8,14-15,20H,5,9-12H2/t14-,15+/m1/s1. The number of hydrogen-bond acceptors (Lipinski definition) is 4. The van der Waals surface area contributed by atoms with E-state index >= 15 is 0 Å². The van der Waals surface area contributed by atoms with Crippen LogP contribution in [0, 0.1) is 0 Å². The molecule has 0 unspecified atom stereocenters. The number of benzene rings is 1. The Morgan fingerprint density at radius 1 is 1.48 bits per heavy atom. The summed E-state index contributed by atoms with van der Waals surface area (Å²) in [6, 6.07) is 10.1. The number of thiocarbonyl (C=S) groups is 1. The molecule has 2 rings (SSSR count). The van der Waals surface area contributed by atoms with Gasteiger partial charge < -0.3 is 5.11 Å². The number of alkyl halides is 1. The zero-order valence-electron chi connectivity index (χ0n) is 12.7. The summed E-state index contributed by atoms with van der Waals surface area (Å²) in [5.74, 6) is 1.19. The summed E-state index contributed by atoms with van der Waals surface area (Å²) < 4.78 is 0.605. The van der Waals surface area contributed by atoms with Gasteiger partial charge in [-0.25, -0.2) is 0 Å². The van der Waals surface area contributed by atoms with Crippen molar-refractivity contribution in [3.8, 4) is 0 Å². The Morgan fingerprint density at radius 2 is 2.22 bits per heavy atom. The first-order valence-corrected chi connectivity index (χ1v) is 9.48. The van der Waals surface area contributed by atoms with Gasteiger partial charge in [-0.2, -0.15) is 0 Å². The maximum absolute atomic E-state index is 12.5. The molecule has 1 aromatic carbocycles. The van der Waals surface area contributed by atoms with E-state index in [9.17, 15) is 9.90 Å². The Balaban J connectivity index is 1.97. The number of amides is 1. The van der Waals surface area contributed by atoms with Crippen molar-refractivity contribution in [2.45, 2.75) is 31.4 Å². The van der Waals surface area contributed by atoms with Crippen molar-refractivity contribution in [1.29, 1.82) is 0 Å². The maximum Gasteiger partial charge on any atom is 0.231 e. The molecular weight excluding hydrogens is 350 g/mol. The number of carbonyl (C=O) groups is 1. The van der Waals surface area contributed by atoms with Crippen LogP contribution in [0.5, 0.6) is 0 Å². The second-order valence-electron chi connectivity index (χ2n) is 5.36. The van der Waals surface area contributed by atoms with E-state index < -0.39 is 6.10 Å². The van der Waals surface area contributed by atoms with Crippen molar-refractivity contribution in [2.24, 2.45) is 0 Å². The summed E-state index contributed by atoms with van der Waals surface area (Å²) in [6.45, 7) is 0. The van der Waals surface area contributed by atoms with E-state index in [0.29, 0.717) is 16.6 Å². The highest BCUT2D eigenvalue weighted by Crippen LogP contribution is 2.27. The van der Waals surface area contributed by atoms with Crippen LogP contribution in [-0.2, 0) is 11.2 Å². The number of allylic oxidation sites excluding steroid dienone is 1. The summed E-state index contributed by atoms with van der Waals surface area (Å²) in [5, 5.41) is 9.94. The Labute approximate surface area is 151 Å². The van der Waals surface area contributed by atoms with Crippen molar-refractivity contribution >= 4 is 45.8 Å². The number of halogens is 1.